The number of carboxylic acid groups (broad SMARTS) is 1. The zero-order chi connectivity index (χ0) is 18.8. The molecule has 0 bridgehead atoms. The smallest absolute Gasteiger partial charge is 0.320 e. The van der Waals surface area contributed by atoms with Gasteiger partial charge in [0.05, 0.1) is 17.3 Å². The molecule has 5 nitrogen and oxygen atoms in total. The Balaban J connectivity index is 1.87. The van der Waals surface area contributed by atoms with Crippen molar-refractivity contribution in [3.63, 3.8) is 0 Å². The average molecular weight is 361 g/mol. The first kappa shape index (κ1) is 17.6. The van der Waals surface area contributed by atoms with Gasteiger partial charge in [-0.3, -0.25) is 19.7 Å². The number of pyridine rings is 2. The number of aryl methyl sites for hydroxylation is 1. The lowest BCUT2D eigenvalue weighted by Crippen LogP contribution is -2.47. The minimum absolute atomic E-state index is 0.218. The molecule has 1 saturated heterocycles. The summed E-state index contributed by atoms with van der Waals surface area (Å²) in [6.45, 7) is 2.77. The number of aromatic nitrogens is 2. The van der Waals surface area contributed by atoms with Crippen molar-refractivity contribution in [1.82, 2.24) is 14.9 Å². The molecular formula is C22H23N3O2. The fourth-order valence-electron chi connectivity index (χ4n) is 4.06. The second-order valence-electron chi connectivity index (χ2n) is 7.16. The molecule has 1 aliphatic rings. The van der Waals surface area contributed by atoms with E-state index in [0.29, 0.717) is 6.42 Å². The summed E-state index contributed by atoms with van der Waals surface area (Å²) in [5.74, 6) is -0.762. The molecule has 1 aliphatic heterocycles. The van der Waals surface area contributed by atoms with Crippen LogP contribution in [0.3, 0.4) is 0 Å². The van der Waals surface area contributed by atoms with E-state index in [2.05, 4.69) is 20.9 Å². The van der Waals surface area contributed by atoms with Crippen LogP contribution in [0.5, 0.6) is 0 Å². The van der Waals surface area contributed by atoms with Crippen molar-refractivity contribution in [1.29, 1.82) is 0 Å². The first-order valence-corrected chi connectivity index (χ1v) is 9.40. The Morgan fingerprint density at radius 3 is 2.85 bits per heavy atom. The number of rotatable bonds is 4. The molecule has 138 valence electrons. The summed E-state index contributed by atoms with van der Waals surface area (Å²) in [6, 6.07) is 13.3. The van der Waals surface area contributed by atoms with Crippen LogP contribution in [0.4, 0.5) is 0 Å². The lowest BCUT2D eigenvalue weighted by atomic mass is 9.92. The number of piperidine rings is 1. The van der Waals surface area contributed by atoms with E-state index in [1.165, 1.54) is 0 Å². The van der Waals surface area contributed by atoms with E-state index in [9.17, 15) is 9.90 Å². The maximum atomic E-state index is 12.0. The highest BCUT2D eigenvalue weighted by Crippen LogP contribution is 2.35. The predicted octanol–water partition coefficient (Wildman–Crippen LogP) is 3.97. The molecular weight excluding hydrogens is 338 g/mol. The number of nitrogens with zero attached hydrogens (tertiary/aromatic N) is 3. The number of hydrogen-bond donors (Lipinski definition) is 1. The standard InChI is InChI=1S/C22H23N3O2/c1-15-7-6-11-23-20(15)21(25-12-5-4-10-19(25)22(26)27)17-13-16-8-2-3-9-18(16)24-14-17/h2-3,6-9,11,13-14,19,21H,4-5,10,12H2,1H3,(H,26,27). The summed E-state index contributed by atoms with van der Waals surface area (Å²) in [5.41, 5.74) is 3.89. The van der Waals surface area contributed by atoms with Gasteiger partial charge in [0.25, 0.3) is 0 Å². The largest absolute Gasteiger partial charge is 0.480 e. The molecule has 5 heteroatoms. The normalized spacial score (nSPS) is 19.1. The Hall–Kier alpha value is -2.79. The van der Waals surface area contributed by atoms with Crippen LogP contribution in [-0.4, -0.2) is 38.5 Å². The minimum Gasteiger partial charge on any atom is -0.480 e. The van der Waals surface area contributed by atoms with Crippen molar-refractivity contribution in [3.8, 4) is 0 Å². The van der Waals surface area contributed by atoms with E-state index in [1.807, 2.05) is 49.5 Å². The Morgan fingerprint density at radius 1 is 1.19 bits per heavy atom. The van der Waals surface area contributed by atoms with Crippen molar-refractivity contribution in [2.75, 3.05) is 6.54 Å². The average Bonchev–Trinajstić information content (AvgIpc) is 2.70. The van der Waals surface area contributed by atoms with Crippen LogP contribution in [0.25, 0.3) is 10.9 Å². The van der Waals surface area contributed by atoms with E-state index in [4.69, 9.17) is 0 Å². The van der Waals surface area contributed by atoms with Gasteiger partial charge in [0.2, 0.25) is 0 Å². The summed E-state index contributed by atoms with van der Waals surface area (Å²) >= 11 is 0. The molecule has 2 aromatic heterocycles. The van der Waals surface area contributed by atoms with Crippen molar-refractivity contribution >= 4 is 16.9 Å². The molecule has 2 atom stereocenters. The lowest BCUT2D eigenvalue weighted by Gasteiger charge is -2.39. The minimum atomic E-state index is -0.762. The molecule has 27 heavy (non-hydrogen) atoms. The highest BCUT2D eigenvalue weighted by molar-refractivity contribution is 5.79. The third-order valence-corrected chi connectivity index (χ3v) is 5.40. The molecule has 1 N–H and O–H groups in total. The number of likely N-dealkylation sites (tertiary alicyclic amines) is 1. The number of benzene rings is 1. The maximum absolute atomic E-state index is 12.0. The van der Waals surface area contributed by atoms with Crippen molar-refractivity contribution in [3.05, 3.63) is 71.7 Å². The summed E-state index contributed by atoms with van der Waals surface area (Å²) < 4.78 is 0. The predicted molar refractivity (Wildman–Crippen MR) is 105 cm³/mol. The fourth-order valence-corrected chi connectivity index (χ4v) is 4.06. The summed E-state index contributed by atoms with van der Waals surface area (Å²) in [4.78, 5) is 23.3. The number of fused-ring (bicyclic) bond motifs is 1. The molecule has 4 rings (SSSR count). The van der Waals surface area contributed by atoms with Crippen LogP contribution in [0, 0.1) is 6.92 Å². The topological polar surface area (TPSA) is 66.3 Å². The number of para-hydroxylation sites is 1. The van der Waals surface area contributed by atoms with Crippen LogP contribution in [-0.2, 0) is 4.79 Å². The van der Waals surface area contributed by atoms with Gasteiger partial charge in [0.1, 0.15) is 6.04 Å². The molecule has 0 aliphatic carbocycles. The molecule has 3 aromatic rings. The van der Waals surface area contributed by atoms with Crippen LogP contribution < -0.4 is 0 Å². The summed E-state index contributed by atoms with van der Waals surface area (Å²) in [5, 5.41) is 10.9. The SMILES string of the molecule is Cc1cccnc1C(c1cnc2ccccc2c1)N1CCCCC1C(=O)O. The Bertz CT molecular complexity index is 972. The maximum Gasteiger partial charge on any atom is 0.320 e. The van der Waals surface area contributed by atoms with Crippen LogP contribution in [0.1, 0.15) is 42.1 Å². The van der Waals surface area contributed by atoms with E-state index in [-0.39, 0.29) is 6.04 Å². The summed E-state index contributed by atoms with van der Waals surface area (Å²) in [6.07, 6.45) is 6.25. The van der Waals surface area contributed by atoms with Crippen molar-refractivity contribution in [2.24, 2.45) is 0 Å². The van der Waals surface area contributed by atoms with E-state index in [1.54, 1.807) is 6.20 Å². The Kier molecular flexibility index (Phi) is 4.86. The summed E-state index contributed by atoms with van der Waals surface area (Å²) in [7, 11) is 0. The molecule has 0 radical (unpaired) electrons. The highest BCUT2D eigenvalue weighted by Gasteiger charge is 2.36. The number of carboxylic acids is 1. The van der Waals surface area contributed by atoms with Gasteiger partial charge in [0, 0.05) is 17.8 Å². The van der Waals surface area contributed by atoms with Gasteiger partial charge in [-0.05, 0) is 55.6 Å². The van der Waals surface area contributed by atoms with E-state index >= 15 is 0 Å². The van der Waals surface area contributed by atoms with Crippen LogP contribution in [0.2, 0.25) is 0 Å². The van der Waals surface area contributed by atoms with Crippen LogP contribution in [0.15, 0.2) is 54.9 Å². The second-order valence-corrected chi connectivity index (χ2v) is 7.16. The molecule has 1 aromatic carbocycles. The monoisotopic (exact) mass is 361 g/mol. The third kappa shape index (κ3) is 3.43. The van der Waals surface area contributed by atoms with Gasteiger partial charge in [-0.1, -0.05) is 30.7 Å². The number of aliphatic carboxylic acids is 1. The first-order chi connectivity index (χ1) is 13.1. The third-order valence-electron chi connectivity index (χ3n) is 5.40. The molecule has 2 unspecified atom stereocenters. The van der Waals surface area contributed by atoms with Gasteiger partial charge in [-0.25, -0.2) is 0 Å². The molecule has 0 spiro atoms. The Morgan fingerprint density at radius 2 is 2.04 bits per heavy atom. The number of hydrogen-bond acceptors (Lipinski definition) is 4. The highest BCUT2D eigenvalue weighted by atomic mass is 16.4. The van der Waals surface area contributed by atoms with E-state index < -0.39 is 12.0 Å². The molecule has 0 amide bonds. The molecule has 0 saturated carbocycles. The van der Waals surface area contributed by atoms with Gasteiger partial charge < -0.3 is 5.11 Å². The van der Waals surface area contributed by atoms with E-state index in [0.717, 1.165) is 47.1 Å². The number of carbonyl (C=O) groups is 1. The van der Waals surface area contributed by atoms with Gasteiger partial charge in [-0.15, -0.1) is 0 Å². The van der Waals surface area contributed by atoms with Crippen LogP contribution >= 0.6 is 0 Å². The fraction of sp³-hybridized carbons (Fsp3) is 0.318. The van der Waals surface area contributed by atoms with Gasteiger partial charge >= 0.3 is 5.97 Å². The van der Waals surface area contributed by atoms with Gasteiger partial charge in [-0.2, -0.15) is 0 Å². The second kappa shape index (κ2) is 7.45. The Labute approximate surface area is 158 Å². The quantitative estimate of drug-likeness (QED) is 0.762. The zero-order valence-electron chi connectivity index (χ0n) is 15.4. The van der Waals surface area contributed by atoms with Crippen molar-refractivity contribution < 1.29 is 9.90 Å². The first-order valence-electron chi connectivity index (χ1n) is 9.40. The lowest BCUT2D eigenvalue weighted by molar-refractivity contribution is -0.145. The van der Waals surface area contributed by atoms with Gasteiger partial charge in [0.15, 0.2) is 0 Å². The molecule has 1 fully saturated rings. The van der Waals surface area contributed by atoms with Crippen molar-refractivity contribution in [2.45, 2.75) is 38.3 Å². The molecule has 3 heterocycles. The zero-order valence-corrected chi connectivity index (χ0v) is 15.4.